The van der Waals surface area contributed by atoms with Crippen molar-refractivity contribution in [3.8, 4) is 0 Å². The van der Waals surface area contributed by atoms with Gasteiger partial charge in [0.2, 0.25) is 0 Å². The van der Waals surface area contributed by atoms with Crippen LogP contribution in [0.25, 0.3) is 5.73 Å². The highest BCUT2D eigenvalue weighted by molar-refractivity contribution is 5.85. The van der Waals surface area contributed by atoms with E-state index in [1.54, 1.807) is 6.92 Å². The summed E-state index contributed by atoms with van der Waals surface area (Å²) in [6.45, 7) is 1.10. The third kappa shape index (κ3) is 2.25. The predicted molar refractivity (Wildman–Crippen MR) is 65.1 cm³/mol. The average Bonchev–Trinajstić information content (AvgIpc) is 2.35. The van der Waals surface area contributed by atoms with E-state index >= 15 is 0 Å². The van der Waals surface area contributed by atoms with Crippen LogP contribution in [0.2, 0.25) is 0 Å². The molecule has 1 aliphatic rings. The summed E-state index contributed by atoms with van der Waals surface area (Å²) in [6, 6.07) is 3.17. The molecule has 2 atom stereocenters. The van der Waals surface area contributed by atoms with Gasteiger partial charge in [0, 0.05) is 5.56 Å². The molecule has 1 aliphatic heterocycles. The predicted octanol–water partition coefficient (Wildman–Crippen LogP) is 2.75. The largest absolute Gasteiger partial charge is 0.699 e. The third-order valence-electron chi connectivity index (χ3n) is 3.09. The zero-order chi connectivity index (χ0) is 14.2. The molecule has 2 rings (SSSR count). The summed E-state index contributed by atoms with van der Waals surface area (Å²) in [7, 11) is 0. The topological polar surface area (TPSA) is 71.4 Å². The zero-order valence-corrected chi connectivity index (χ0v) is 10.2. The molecule has 7 heteroatoms. The molecular weight excluding hydrogens is 259 g/mol. The maximum absolute atomic E-state index is 13.8. The maximum atomic E-state index is 13.8. The molecule has 104 valence electrons. The van der Waals surface area contributed by atoms with Crippen molar-refractivity contribution in [3.05, 3.63) is 35.3 Å². The minimum atomic E-state index is -2.99. The average molecular weight is 272 g/mol. The lowest BCUT2D eigenvalue weighted by molar-refractivity contribution is -0.0340. The van der Waals surface area contributed by atoms with Gasteiger partial charge in [0.1, 0.15) is 17.8 Å². The van der Waals surface area contributed by atoms with Crippen LogP contribution in [-0.2, 0) is 10.3 Å². The highest BCUT2D eigenvalue weighted by Crippen LogP contribution is 2.38. The standard InChI is InChI=1S/C12H13F3N3O/c1-6-10(17)18-12(5-19-6,11(14)15)8-4-7(16)2-3-9(8)13/h2-4,6,11,16H,5H2,1H3,(H2,17,18)/q-1. The first-order chi connectivity index (χ1) is 8.86. The summed E-state index contributed by atoms with van der Waals surface area (Å²) in [4.78, 5) is 3.76. The van der Waals surface area contributed by atoms with Crippen LogP contribution in [0.15, 0.2) is 23.2 Å². The smallest absolute Gasteiger partial charge is 0.269 e. The summed E-state index contributed by atoms with van der Waals surface area (Å²) in [5.41, 5.74) is 10.3. The first-order valence-corrected chi connectivity index (χ1v) is 5.63. The molecule has 1 aromatic rings. The zero-order valence-electron chi connectivity index (χ0n) is 10.2. The van der Waals surface area contributed by atoms with Gasteiger partial charge in [-0.15, -0.1) is 5.69 Å². The van der Waals surface area contributed by atoms with Crippen molar-refractivity contribution in [2.24, 2.45) is 10.7 Å². The number of nitrogens with one attached hydrogen (secondary N) is 1. The van der Waals surface area contributed by atoms with E-state index in [-0.39, 0.29) is 17.1 Å². The lowest BCUT2D eigenvalue weighted by Crippen LogP contribution is -2.48. The highest BCUT2D eigenvalue weighted by atomic mass is 19.3. The van der Waals surface area contributed by atoms with Gasteiger partial charge >= 0.3 is 0 Å². The molecule has 0 aliphatic carbocycles. The lowest BCUT2D eigenvalue weighted by Gasteiger charge is -2.36. The van der Waals surface area contributed by atoms with Crippen LogP contribution >= 0.6 is 0 Å². The number of amidine groups is 1. The molecule has 0 aromatic heterocycles. The number of rotatable bonds is 2. The van der Waals surface area contributed by atoms with E-state index < -0.39 is 30.5 Å². The number of hydrogen-bond acceptors (Lipinski definition) is 3. The van der Waals surface area contributed by atoms with Gasteiger partial charge in [-0.05, 0) is 13.0 Å². The first-order valence-electron chi connectivity index (χ1n) is 5.63. The van der Waals surface area contributed by atoms with Crippen LogP contribution in [0.4, 0.5) is 18.9 Å². The highest BCUT2D eigenvalue weighted by Gasteiger charge is 2.47. The van der Waals surface area contributed by atoms with Crippen molar-refractivity contribution in [2.75, 3.05) is 6.61 Å². The number of benzene rings is 1. The van der Waals surface area contributed by atoms with E-state index in [4.69, 9.17) is 16.2 Å². The van der Waals surface area contributed by atoms with Crippen LogP contribution in [0, 0.1) is 5.82 Å². The fourth-order valence-electron chi connectivity index (χ4n) is 1.92. The van der Waals surface area contributed by atoms with Gasteiger partial charge in [-0.25, -0.2) is 13.2 Å². The second-order valence-electron chi connectivity index (χ2n) is 4.41. The van der Waals surface area contributed by atoms with Crippen molar-refractivity contribution in [2.45, 2.75) is 25.0 Å². The molecule has 4 nitrogen and oxygen atoms in total. The molecule has 3 N–H and O–H groups in total. The summed E-state index contributed by atoms with van der Waals surface area (Å²) < 4.78 is 45.8. The van der Waals surface area contributed by atoms with Gasteiger partial charge in [-0.2, -0.15) is 0 Å². The van der Waals surface area contributed by atoms with E-state index in [1.165, 1.54) is 6.07 Å². The Morgan fingerprint density at radius 1 is 1.53 bits per heavy atom. The third-order valence-corrected chi connectivity index (χ3v) is 3.09. The Hall–Kier alpha value is -1.76. The van der Waals surface area contributed by atoms with E-state index in [0.717, 1.165) is 12.1 Å². The number of nitrogens with two attached hydrogens (primary N) is 1. The van der Waals surface area contributed by atoms with Gasteiger partial charge in [0.15, 0.2) is 5.54 Å². The molecular formula is C12H13F3N3O-. The Kier molecular flexibility index (Phi) is 3.40. The number of nitrogens with zero attached hydrogens (tertiary/aromatic N) is 1. The van der Waals surface area contributed by atoms with E-state index in [2.05, 4.69) is 4.99 Å². The molecule has 0 saturated heterocycles. The van der Waals surface area contributed by atoms with Gasteiger partial charge in [-0.3, -0.25) is 4.99 Å². The number of alkyl halides is 2. The number of aliphatic imine (C=N–C) groups is 1. The SMILES string of the molecule is CC1OCC(c2cc([NH-])ccc2F)(C(F)F)N=C1N. The van der Waals surface area contributed by atoms with Gasteiger partial charge < -0.3 is 16.2 Å². The quantitative estimate of drug-likeness (QED) is 0.899. The maximum Gasteiger partial charge on any atom is 0.269 e. The van der Waals surface area contributed by atoms with Crippen LogP contribution in [-0.4, -0.2) is 25.0 Å². The summed E-state index contributed by atoms with van der Waals surface area (Å²) in [5.74, 6) is -0.965. The molecule has 1 heterocycles. The molecule has 0 saturated carbocycles. The van der Waals surface area contributed by atoms with E-state index in [0.29, 0.717) is 0 Å². The monoisotopic (exact) mass is 272 g/mol. The van der Waals surface area contributed by atoms with Crippen LogP contribution in [0.3, 0.4) is 0 Å². The minimum absolute atomic E-state index is 0.0798. The molecule has 0 radical (unpaired) electrons. The van der Waals surface area contributed by atoms with Crippen LogP contribution in [0.1, 0.15) is 12.5 Å². The van der Waals surface area contributed by atoms with Crippen molar-refractivity contribution in [1.29, 1.82) is 0 Å². The number of hydrogen-bond donors (Lipinski definition) is 1. The fourth-order valence-corrected chi connectivity index (χ4v) is 1.92. The van der Waals surface area contributed by atoms with Gasteiger partial charge in [0.05, 0.1) is 6.61 Å². The molecule has 0 amide bonds. The molecule has 0 fully saturated rings. The van der Waals surface area contributed by atoms with Crippen LogP contribution < -0.4 is 5.73 Å². The molecule has 0 spiro atoms. The Balaban J connectivity index is 2.61. The molecule has 0 bridgehead atoms. The second kappa shape index (κ2) is 4.73. The Labute approximate surface area is 108 Å². The Morgan fingerprint density at radius 3 is 2.79 bits per heavy atom. The Morgan fingerprint density at radius 2 is 2.21 bits per heavy atom. The summed E-state index contributed by atoms with van der Waals surface area (Å²) in [5, 5.41) is 0. The van der Waals surface area contributed by atoms with Crippen molar-refractivity contribution >= 4 is 11.5 Å². The lowest BCUT2D eigenvalue weighted by atomic mass is 9.89. The summed E-state index contributed by atoms with van der Waals surface area (Å²) in [6.07, 6.45) is -3.58. The fraction of sp³-hybridized carbons (Fsp3) is 0.417. The van der Waals surface area contributed by atoms with Gasteiger partial charge in [0.25, 0.3) is 6.43 Å². The van der Waals surface area contributed by atoms with Crippen LogP contribution in [0.5, 0.6) is 0 Å². The summed E-state index contributed by atoms with van der Waals surface area (Å²) >= 11 is 0. The normalized spacial score (nSPS) is 27.4. The second-order valence-corrected chi connectivity index (χ2v) is 4.41. The molecule has 19 heavy (non-hydrogen) atoms. The Bertz CT molecular complexity index is 521. The number of ether oxygens (including phenoxy) is 1. The molecule has 1 aromatic carbocycles. The number of halogens is 3. The first kappa shape index (κ1) is 13.7. The van der Waals surface area contributed by atoms with E-state index in [1.807, 2.05) is 0 Å². The van der Waals surface area contributed by atoms with Crippen molar-refractivity contribution in [3.63, 3.8) is 0 Å². The van der Waals surface area contributed by atoms with Crippen molar-refractivity contribution < 1.29 is 17.9 Å². The van der Waals surface area contributed by atoms with E-state index in [9.17, 15) is 13.2 Å². The van der Waals surface area contributed by atoms with Gasteiger partial charge in [-0.1, -0.05) is 12.1 Å². The minimum Gasteiger partial charge on any atom is -0.699 e. The molecule has 2 unspecified atom stereocenters. The van der Waals surface area contributed by atoms with Crippen molar-refractivity contribution in [1.82, 2.24) is 0 Å².